The Bertz CT molecular complexity index is 1330. The highest BCUT2D eigenvalue weighted by molar-refractivity contribution is 7.09. The van der Waals surface area contributed by atoms with Crippen molar-refractivity contribution in [2.75, 3.05) is 6.54 Å². The highest BCUT2D eigenvalue weighted by Crippen LogP contribution is 2.18. The van der Waals surface area contributed by atoms with Crippen molar-refractivity contribution in [2.45, 2.75) is 19.5 Å². The summed E-state index contributed by atoms with van der Waals surface area (Å²) >= 11 is 7.79. The van der Waals surface area contributed by atoms with Gasteiger partial charge in [0.15, 0.2) is 0 Å². The van der Waals surface area contributed by atoms with Crippen LogP contribution in [0.1, 0.15) is 10.4 Å². The fraction of sp³-hybridized carbons (Fsp3) is 0.174. The fourth-order valence-corrected chi connectivity index (χ4v) is 4.33. The topological polar surface area (TPSA) is 73.1 Å². The first-order valence-corrected chi connectivity index (χ1v) is 11.0. The molecule has 1 amide bonds. The average Bonchev–Trinajstić information content (AvgIpc) is 3.28. The molecule has 2 aromatic heterocycles. The number of thiophene rings is 1. The van der Waals surface area contributed by atoms with Gasteiger partial charge in [0.05, 0.1) is 17.6 Å². The van der Waals surface area contributed by atoms with Crippen LogP contribution in [0.3, 0.4) is 0 Å². The summed E-state index contributed by atoms with van der Waals surface area (Å²) in [4.78, 5) is 39.5. The van der Waals surface area contributed by atoms with Crippen LogP contribution in [0.2, 0.25) is 5.02 Å². The van der Waals surface area contributed by atoms with E-state index < -0.39 is 11.1 Å². The Balaban J connectivity index is 1.65. The lowest BCUT2D eigenvalue weighted by Gasteiger charge is -2.15. The number of carbonyl (C=O) groups excluding carboxylic acids is 1. The van der Waals surface area contributed by atoms with Crippen molar-refractivity contribution in [3.63, 3.8) is 0 Å². The molecule has 158 valence electrons. The van der Waals surface area contributed by atoms with Crippen LogP contribution < -0.4 is 16.4 Å². The number of nitrogens with one attached hydrogen (secondary N) is 1. The predicted molar refractivity (Wildman–Crippen MR) is 124 cm³/mol. The molecule has 0 aliphatic heterocycles. The lowest BCUT2D eigenvalue weighted by atomic mass is 10.2. The molecule has 2 aromatic carbocycles. The number of nitrogens with zero attached hydrogens (tertiary/aromatic N) is 2. The van der Waals surface area contributed by atoms with Gasteiger partial charge in [0, 0.05) is 16.4 Å². The van der Waals surface area contributed by atoms with Crippen molar-refractivity contribution in [1.29, 1.82) is 0 Å². The minimum atomic E-state index is -0.751. The minimum Gasteiger partial charge on any atom is -0.354 e. The maximum atomic E-state index is 12.9. The summed E-state index contributed by atoms with van der Waals surface area (Å²) in [7, 11) is 0. The average molecular weight is 454 g/mol. The quantitative estimate of drug-likeness (QED) is 0.436. The zero-order chi connectivity index (χ0) is 21.8. The van der Waals surface area contributed by atoms with Gasteiger partial charge in [-0.15, -0.1) is 11.3 Å². The number of rotatable bonds is 7. The molecule has 1 N–H and O–H groups in total. The van der Waals surface area contributed by atoms with Crippen molar-refractivity contribution in [3.05, 3.63) is 102 Å². The number of fused-ring (bicyclic) bond motifs is 1. The predicted octanol–water partition coefficient (Wildman–Crippen LogP) is 3.29. The van der Waals surface area contributed by atoms with Crippen LogP contribution in [0.25, 0.3) is 11.0 Å². The molecular weight excluding hydrogens is 434 g/mol. The summed E-state index contributed by atoms with van der Waals surface area (Å²) in [5, 5.41) is 5.22. The Morgan fingerprint density at radius 3 is 2.45 bits per heavy atom. The molecule has 0 fully saturated rings. The van der Waals surface area contributed by atoms with Gasteiger partial charge >= 0.3 is 11.1 Å². The van der Waals surface area contributed by atoms with Crippen LogP contribution in [0.5, 0.6) is 0 Å². The molecule has 0 saturated carbocycles. The molecule has 0 radical (unpaired) electrons. The normalized spacial score (nSPS) is 11.0. The maximum absolute atomic E-state index is 12.9. The van der Waals surface area contributed by atoms with Crippen LogP contribution in [-0.2, 0) is 24.3 Å². The molecule has 4 aromatic rings. The first-order valence-electron chi connectivity index (χ1n) is 9.79. The number of halogens is 1. The van der Waals surface area contributed by atoms with E-state index in [0.29, 0.717) is 29.0 Å². The molecule has 0 atom stereocenters. The van der Waals surface area contributed by atoms with Gasteiger partial charge in [0.2, 0.25) is 5.91 Å². The largest absolute Gasteiger partial charge is 0.354 e. The van der Waals surface area contributed by atoms with E-state index in [1.807, 2.05) is 47.8 Å². The van der Waals surface area contributed by atoms with Gasteiger partial charge in [-0.05, 0) is 41.6 Å². The van der Waals surface area contributed by atoms with Crippen molar-refractivity contribution in [2.24, 2.45) is 0 Å². The minimum absolute atomic E-state index is 0.248. The molecule has 2 heterocycles. The molecule has 0 aliphatic carbocycles. The van der Waals surface area contributed by atoms with E-state index in [9.17, 15) is 14.4 Å². The van der Waals surface area contributed by atoms with Crippen molar-refractivity contribution < 1.29 is 4.79 Å². The lowest BCUT2D eigenvalue weighted by Crippen LogP contribution is -2.44. The van der Waals surface area contributed by atoms with E-state index in [2.05, 4.69) is 5.32 Å². The van der Waals surface area contributed by atoms with Crippen LogP contribution in [0.4, 0.5) is 0 Å². The van der Waals surface area contributed by atoms with Crippen LogP contribution in [0.15, 0.2) is 75.6 Å². The second kappa shape index (κ2) is 9.32. The van der Waals surface area contributed by atoms with Crippen LogP contribution in [-0.4, -0.2) is 21.6 Å². The fourth-order valence-electron chi connectivity index (χ4n) is 3.45. The van der Waals surface area contributed by atoms with Gasteiger partial charge in [-0.2, -0.15) is 0 Å². The third-order valence-electron chi connectivity index (χ3n) is 4.95. The summed E-state index contributed by atoms with van der Waals surface area (Å²) < 4.78 is 2.63. The zero-order valence-electron chi connectivity index (χ0n) is 16.6. The van der Waals surface area contributed by atoms with Crippen molar-refractivity contribution >= 4 is 39.9 Å². The van der Waals surface area contributed by atoms with E-state index in [-0.39, 0.29) is 19.0 Å². The highest BCUT2D eigenvalue weighted by atomic mass is 35.5. The monoisotopic (exact) mass is 453 g/mol. The van der Waals surface area contributed by atoms with E-state index in [1.54, 1.807) is 29.5 Å². The smallest absolute Gasteiger partial charge is 0.317 e. The molecule has 0 saturated heterocycles. The first kappa shape index (κ1) is 21.1. The van der Waals surface area contributed by atoms with Gasteiger partial charge in [-0.3, -0.25) is 23.5 Å². The molecular formula is C23H20ClN3O3S. The Morgan fingerprint density at radius 2 is 1.71 bits per heavy atom. The third-order valence-corrected chi connectivity index (χ3v) is 6.12. The molecule has 0 bridgehead atoms. The summed E-state index contributed by atoms with van der Waals surface area (Å²) in [6, 6.07) is 18.4. The van der Waals surface area contributed by atoms with Gasteiger partial charge in [0.1, 0.15) is 6.54 Å². The molecule has 8 heteroatoms. The Morgan fingerprint density at radius 1 is 0.935 bits per heavy atom. The molecule has 0 unspecified atom stereocenters. The summed E-state index contributed by atoms with van der Waals surface area (Å²) in [6.45, 7) is 0.459. The molecule has 0 aliphatic rings. The van der Waals surface area contributed by atoms with Crippen LogP contribution >= 0.6 is 22.9 Å². The van der Waals surface area contributed by atoms with Gasteiger partial charge in [-0.25, -0.2) is 0 Å². The van der Waals surface area contributed by atoms with Crippen LogP contribution in [0, 0.1) is 0 Å². The summed E-state index contributed by atoms with van der Waals surface area (Å²) in [5.74, 6) is -0.333. The van der Waals surface area contributed by atoms with E-state index in [0.717, 1.165) is 5.56 Å². The number of benzene rings is 2. The summed E-state index contributed by atoms with van der Waals surface area (Å²) in [6.07, 6.45) is 0.712. The number of hydrogen-bond donors (Lipinski definition) is 1. The Labute approximate surface area is 187 Å². The number of aromatic nitrogens is 2. The van der Waals surface area contributed by atoms with E-state index in [1.165, 1.54) is 14.0 Å². The Hall–Kier alpha value is -3.16. The molecule has 31 heavy (non-hydrogen) atoms. The number of carbonyl (C=O) groups is 1. The standard InChI is InChI=1S/C23H20ClN3O3S/c24-17-8-9-19-20(13-17)27(15-21(28)25-11-10-18-7-4-12-31-18)23(30)22(29)26(19)14-16-5-2-1-3-6-16/h1-9,12-13H,10-11,14-15H2,(H,25,28). The van der Waals surface area contributed by atoms with E-state index in [4.69, 9.17) is 11.6 Å². The number of hydrogen-bond acceptors (Lipinski definition) is 4. The zero-order valence-corrected chi connectivity index (χ0v) is 18.2. The maximum Gasteiger partial charge on any atom is 0.317 e. The third kappa shape index (κ3) is 4.78. The lowest BCUT2D eigenvalue weighted by molar-refractivity contribution is -0.121. The van der Waals surface area contributed by atoms with Crippen molar-refractivity contribution in [3.8, 4) is 0 Å². The molecule has 4 rings (SSSR count). The molecule has 0 spiro atoms. The molecule has 6 nitrogen and oxygen atoms in total. The van der Waals surface area contributed by atoms with Crippen molar-refractivity contribution in [1.82, 2.24) is 14.5 Å². The second-order valence-corrected chi connectivity index (χ2v) is 8.55. The Kier molecular flexibility index (Phi) is 6.34. The second-order valence-electron chi connectivity index (χ2n) is 7.08. The van der Waals surface area contributed by atoms with Gasteiger partial charge < -0.3 is 5.32 Å². The van der Waals surface area contributed by atoms with Gasteiger partial charge in [-0.1, -0.05) is 48.0 Å². The highest BCUT2D eigenvalue weighted by Gasteiger charge is 2.16. The SMILES string of the molecule is O=C(Cn1c(=O)c(=O)n(Cc2ccccc2)c2ccc(Cl)cc21)NCCc1cccs1. The van der Waals surface area contributed by atoms with Gasteiger partial charge in [0.25, 0.3) is 0 Å². The summed E-state index contributed by atoms with van der Waals surface area (Å²) in [5.41, 5.74) is 0.458. The number of amides is 1. The van der Waals surface area contributed by atoms with E-state index >= 15 is 0 Å². The first-order chi connectivity index (χ1) is 15.0.